The predicted molar refractivity (Wildman–Crippen MR) is 80.2 cm³/mol. The molecule has 0 spiro atoms. The van der Waals surface area contributed by atoms with Crippen molar-refractivity contribution in [2.24, 2.45) is 5.92 Å². The summed E-state index contributed by atoms with van der Waals surface area (Å²) in [6.45, 7) is 3.15. The number of hydrogen-bond donors (Lipinski definition) is 2. The van der Waals surface area contributed by atoms with Crippen molar-refractivity contribution >= 4 is 12.0 Å². The summed E-state index contributed by atoms with van der Waals surface area (Å²) in [7, 11) is 0. The highest BCUT2D eigenvalue weighted by atomic mass is 19.1. The van der Waals surface area contributed by atoms with E-state index in [0.717, 1.165) is 5.56 Å². The molecule has 1 fully saturated rings. The third-order valence-electron chi connectivity index (χ3n) is 4.00. The van der Waals surface area contributed by atoms with Gasteiger partial charge >= 0.3 is 12.0 Å². The van der Waals surface area contributed by atoms with Gasteiger partial charge in [0.15, 0.2) is 0 Å². The first-order valence-corrected chi connectivity index (χ1v) is 7.48. The summed E-state index contributed by atoms with van der Waals surface area (Å²) in [6.07, 6.45) is 1.40. The third-order valence-corrected chi connectivity index (χ3v) is 4.00. The van der Waals surface area contributed by atoms with E-state index in [4.69, 9.17) is 5.11 Å². The summed E-state index contributed by atoms with van der Waals surface area (Å²) in [6, 6.07) is 4.71. The Labute approximate surface area is 129 Å². The Kier molecular flexibility index (Phi) is 5.35. The van der Waals surface area contributed by atoms with E-state index in [1.807, 2.05) is 6.92 Å². The normalized spacial score (nSPS) is 15.6. The zero-order chi connectivity index (χ0) is 16.1. The van der Waals surface area contributed by atoms with Crippen LogP contribution in [0.4, 0.5) is 9.18 Å². The van der Waals surface area contributed by atoms with Crippen LogP contribution in [0.15, 0.2) is 18.2 Å². The van der Waals surface area contributed by atoms with E-state index in [0.29, 0.717) is 44.5 Å². The van der Waals surface area contributed by atoms with Gasteiger partial charge in [0.25, 0.3) is 0 Å². The van der Waals surface area contributed by atoms with Crippen LogP contribution in [0.3, 0.4) is 0 Å². The van der Waals surface area contributed by atoms with Gasteiger partial charge in [-0.1, -0.05) is 17.7 Å². The van der Waals surface area contributed by atoms with Crippen LogP contribution in [-0.2, 0) is 11.2 Å². The number of urea groups is 1. The number of amides is 2. The highest BCUT2D eigenvalue weighted by Gasteiger charge is 2.26. The van der Waals surface area contributed by atoms with E-state index in [1.54, 1.807) is 17.0 Å². The van der Waals surface area contributed by atoms with E-state index < -0.39 is 5.97 Å². The largest absolute Gasteiger partial charge is 0.481 e. The van der Waals surface area contributed by atoms with E-state index >= 15 is 0 Å². The Balaban J connectivity index is 1.76. The average molecular weight is 308 g/mol. The highest BCUT2D eigenvalue weighted by Crippen LogP contribution is 2.17. The van der Waals surface area contributed by atoms with Gasteiger partial charge in [-0.15, -0.1) is 0 Å². The molecule has 0 aliphatic carbocycles. The van der Waals surface area contributed by atoms with E-state index in [2.05, 4.69) is 5.32 Å². The molecule has 5 nitrogen and oxygen atoms in total. The Bertz CT molecular complexity index is 554. The second-order valence-electron chi connectivity index (χ2n) is 5.68. The monoisotopic (exact) mass is 308 g/mol. The Morgan fingerprint density at radius 3 is 2.68 bits per heavy atom. The molecule has 22 heavy (non-hydrogen) atoms. The minimum absolute atomic E-state index is 0.211. The second kappa shape index (κ2) is 7.24. The number of carbonyl (C=O) groups excluding carboxylic acids is 1. The number of carbonyl (C=O) groups is 2. The van der Waals surface area contributed by atoms with Crippen molar-refractivity contribution in [2.75, 3.05) is 19.6 Å². The number of hydrogen-bond acceptors (Lipinski definition) is 2. The average Bonchev–Trinajstić information content (AvgIpc) is 2.50. The zero-order valence-corrected chi connectivity index (χ0v) is 12.6. The van der Waals surface area contributed by atoms with Gasteiger partial charge in [-0.25, -0.2) is 9.18 Å². The number of rotatable bonds is 4. The lowest BCUT2D eigenvalue weighted by molar-refractivity contribution is -0.143. The molecule has 2 rings (SSSR count). The van der Waals surface area contributed by atoms with E-state index in [1.165, 1.54) is 6.07 Å². The molecule has 6 heteroatoms. The van der Waals surface area contributed by atoms with Crippen LogP contribution in [0, 0.1) is 18.7 Å². The van der Waals surface area contributed by atoms with Crippen molar-refractivity contribution in [1.29, 1.82) is 0 Å². The van der Waals surface area contributed by atoms with Crippen molar-refractivity contribution in [3.8, 4) is 0 Å². The van der Waals surface area contributed by atoms with Gasteiger partial charge in [0.2, 0.25) is 0 Å². The third kappa shape index (κ3) is 4.19. The Morgan fingerprint density at radius 1 is 1.36 bits per heavy atom. The molecule has 1 aromatic carbocycles. The molecule has 1 heterocycles. The van der Waals surface area contributed by atoms with Crippen molar-refractivity contribution in [3.05, 3.63) is 35.1 Å². The molecular weight excluding hydrogens is 287 g/mol. The van der Waals surface area contributed by atoms with Gasteiger partial charge in [0.1, 0.15) is 5.82 Å². The first-order chi connectivity index (χ1) is 10.5. The zero-order valence-electron chi connectivity index (χ0n) is 12.6. The number of carboxylic acid groups (broad SMARTS) is 1. The molecule has 2 N–H and O–H groups in total. The van der Waals surface area contributed by atoms with Crippen molar-refractivity contribution in [2.45, 2.75) is 26.2 Å². The van der Waals surface area contributed by atoms with Crippen LogP contribution in [-0.4, -0.2) is 41.6 Å². The van der Waals surface area contributed by atoms with E-state index in [-0.39, 0.29) is 17.8 Å². The van der Waals surface area contributed by atoms with Gasteiger partial charge < -0.3 is 15.3 Å². The number of aliphatic carboxylic acids is 1. The standard InChI is InChI=1S/C16H21FN2O3/c1-11-2-3-14(17)13(10-11)4-7-18-16(22)19-8-5-12(6-9-19)15(20)21/h2-3,10,12H,4-9H2,1H3,(H,18,22)(H,20,21). The quantitative estimate of drug-likeness (QED) is 0.896. The van der Waals surface area contributed by atoms with Crippen LogP contribution in [0.5, 0.6) is 0 Å². The fourth-order valence-corrected chi connectivity index (χ4v) is 2.64. The summed E-state index contributed by atoms with van der Waals surface area (Å²) in [5.41, 5.74) is 1.57. The Morgan fingerprint density at radius 2 is 2.05 bits per heavy atom. The minimum Gasteiger partial charge on any atom is -0.481 e. The smallest absolute Gasteiger partial charge is 0.317 e. The summed E-state index contributed by atoms with van der Waals surface area (Å²) < 4.78 is 13.6. The van der Waals surface area contributed by atoms with Gasteiger partial charge in [0.05, 0.1) is 5.92 Å². The van der Waals surface area contributed by atoms with E-state index in [9.17, 15) is 14.0 Å². The molecule has 0 bridgehead atoms. The number of carboxylic acids is 1. The lowest BCUT2D eigenvalue weighted by atomic mass is 9.97. The van der Waals surface area contributed by atoms with Crippen LogP contribution >= 0.6 is 0 Å². The molecule has 1 aromatic rings. The molecule has 0 atom stereocenters. The first-order valence-electron chi connectivity index (χ1n) is 7.48. The summed E-state index contributed by atoms with van der Waals surface area (Å²) in [5.74, 6) is -1.41. The maximum atomic E-state index is 13.6. The first kappa shape index (κ1) is 16.3. The fourth-order valence-electron chi connectivity index (χ4n) is 2.64. The van der Waals surface area contributed by atoms with Gasteiger partial charge in [-0.05, 0) is 37.8 Å². The lowest BCUT2D eigenvalue weighted by Crippen LogP contribution is -2.45. The molecule has 1 saturated heterocycles. The summed E-state index contributed by atoms with van der Waals surface area (Å²) in [4.78, 5) is 24.5. The molecule has 2 amide bonds. The molecular formula is C16H21FN2O3. The maximum absolute atomic E-state index is 13.6. The number of nitrogens with one attached hydrogen (secondary N) is 1. The molecule has 0 radical (unpaired) electrons. The summed E-state index contributed by atoms with van der Waals surface area (Å²) >= 11 is 0. The minimum atomic E-state index is -0.796. The van der Waals surface area contributed by atoms with Gasteiger partial charge in [-0.2, -0.15) is 0 Å². The Hall–Kier alpha value is -2.11. The molecule has 0 saturated carbocycles. The van der Waals surface area contributed by atoms with Crippen molar-refractivity contribution in [3.63, 3.8) is 0 Å². The van der Waals surface area contributed by atoms with Crippen LogP contribution < -0.4 is 5.32 Å². The van der Waals surface area contributed by atoms with Gasteiger partial charge in [0, 0.05) is 19.6 Å². The highest BCUT2D eigenvalue weighted by molar-refractivity contribution is 5.75. The maximum Gasteiger partial charge on any atom is 0.317 e. The number of likely N-dealkylation sites (tertiary alicyclic amines) is 1. The lowest BCUT2D eigenvalue weighted by Gasteiger charge is -2.30. The molecule has 1 aliphatic rings. The van der Waals surface area contributed by atoms with Crippen molar-refractivity contribution < 1.29 is 19.1 Å². The number of piperidine rings is 1. The predicted octanol–water partition coefficient (Wildman–Crippen LogP) is 2.18. The number of aryl methyl sites for hydroxylation is 1. The topological polar surface area (TPSA) is 69.6 Å². The number of nitrogens with zero attached hydrogens (tertiary/aromatic N) is 1. The molecule has 0 unspecified atom stereocenters. The fraction of sp³-hybridized carbons (Fsp3) is 0.500. The second-order valence-corrected chi connectivity index (χ2v) is 5.68. The number of benzene rings is 1. The molecule has 0 aromatic heterocycles. The van der Waals surface area contributed by atoms with Crippen molar-refractivity contribution in [1.82, 2.24) is 10.2 Å². The molecule has 120 valence electrons. The number of halogens is 1. The SMILES string of the molecule is Cc1ccc(F)c(CCNC(=O)N2CCC(C(=O)O)CC2)c1. The van der Waals surface area contributed by atoms with Crippen LogP contribution in [0.25, 0.3) is 0 Å². The molecule has 1 aliphatic heterocycles. The van der Waals surface area contributed by atoms with Crippen LogP contribution in [0.1, 0.15) is 24.0 Å². The summed E-state index contributed by atoms with van der Waals surface area (Å²) in [5, 5.41) is 11.7. The van der Waals surface area contributed by atoms with Gasteiger partial charge in [-0.3, -0.25) is 4.79 Å². The van der Waals surface area contributed by atoms with Crippen LogP contribution in [0.2, 0.25) is 0 Å².